The molecule has 1 fully saturated rings. The number of rotatable bonds is 4. The number of nitrogens with zero attached hydrogens (tertiary/aromatic N) is 1. The molecule has 1 unspecified atom stereocenters. The van der Waals surface area contributed by atoms with E-state index in [1.54, 1.807) is 0 Å². The predicted octanol–water partition coefficient (Wildman–Crippen LogP) is 3.14. The Morgan fingerprint density at radius 2 is 1.77 bits per heavy atom. The summed E-state index contributed by atoms with van der Waals surface area (Å²) < 4.78 is 0. The van der Waals surface area contributed by atoms with Gasteiger partial charge in [0.1, 0.15) is 0 Å². The van der Waals surface area contributed by atoms with Crippen molar-refractivity contribution in [2.24, 2.45) is 11.8 Å². The topological polar surface area (TPSA) is 3.24 Å². The third kappa shape index (κ3) is 3.99. The lowest BCUT2D eigenvalue weighted by atomic mass is 9.96. The zero-order chi connectivity index (χ0) is 9.68. The number of hydrogen-bond acceptors (Lipinski definition) is 1. The van der Waals surface area contributed by atoms with Gasteiger partial charge in [-0.15, -0.1) is 0 Å². The number of piperidine rings is 1. The average molecular weight is 248 g/mol. The molecule has 1 aliphatic heterocycles. The quantitative estimate of drug-likeness (QED) is 0.691. The molecule has 0 aromatic carbocycles. The van der Waals surface area contributed by atoms with E-state index in [0.29, 0.717) is 0 Å². The molecule has 1 atom stereocenters. The van der Waals surface area contributed by atoms with Crippen LogP contribution in [0.2, 0.25) is 0 Å². The van der Waals surface area contributed by atoms with Crippen molar-refractivity contribution in [2.75, 3.05) is 25.0 Å². The monoisotopic (exact) mass is 247 g/mol. The van der Waals surface area contributed by atoms with Crippen molar-refractivity contribution in [3.63, 3.8) is 0 Å². The molecule has 0 radical (unpaired) electrons. The van der Waals surface area contributed by atoms with Gasteiger partial charge in [-0.25, -0.2) is 0 Å². The van der Waals surface area contributed by atoms with Gasteiger partial charge in [-0.1, -0.05) is 36.2 Å². The number of likely N-dealkylation sites (tertiary alicyclic amines) is 1. The Bertz CT molecular complexity index is 130. The molecule has 0 spiro atoms. The van der Waals surface area contributed by atoms with Gasteiger partial charge >= 0.3 is 0 Å². The Kier molecular flexibility index (Phi) is 5.34. The first-order valence-electron chi connectivity index (χ1n) is 5.52. The molecule has 0 aromatic heterocycles. The van der Waals surface area contributed by atoms with Crippen LogP contribution in [0.15, 0.2) is 0 Å². The van der Waals surface area contributed by atoms with Crippen LogP contribution >= 0.6 is 15.9 Å². The zero-order valence-electron chi connectivity index (χ0n) is 8.93. The van der Waals surface area contributed by atoms with Gasteiger partial charge in [0, 0.05) is 11.9 Å². The van der Waals surface area contributed by atoms with Gasteiger partial charge in [0.15, 0.2) is 0 Å². The minimum absolute atomic E-state index is 0.807. The Morgan fingerprint density at radius 3 is 2.23 bits per heavy atom. The molecule has 0 aromatic rings. The van der Waals surface area contributed by atoms with Crippen molar-refractivity contribution < 1.29 is 0 Å². The summed E-state index contributed by atoms with van der Waals surface area (Å²) in [5.74, 6) is 1.64. The van der Waals surface area contributed by atoms with Crippen molar-refractivity contribution in [1.82, 2.24) is 4.90 Å². The highest BCUT2D eigenvalue weighted by Crippen LogP contribution is 2.18. The summed E-state index contributed by atoms with van der Waals surface area (Å²) in [7, 11) is 0. The normalized spacial score (nSPS) is 22.2. The molecule has 1 saturated heterocycles. The number of hydrogen-bond donors (Lipinski definition) is 0. The Morgan fingerprint density at radius 1 is 1.15 bits per heavy atom. The molecular weight excluding hydrogens is 226 g/mol. The van der Waals surface area contributed by atoms with Gasteiger partial charge in [0.25, 0.3) is 0 Å². The fourth-order valence-electron chi connectivity index (χ4n) is 1.91. The number of alkyl halides is 1. The molecule has 0 bridgehead atoms. The fourth-order valence-corrected chi connectivity index (χ4v) is 2.86. The van der Waals surface area contributed by atoms with Crippen molar-refractivity contribution >= 4 is 15.9 Å². The van der Waals surface area contributed by atoms with E-state index in [1.807, 2.05) is 0 Å². The highest BCUT2D eigenvalue weighted by Gasteiger charge is 2.17. The van der Waals surface area contributed by atoms with Gasteiger partial charge in [-0.05, 0) is 37.8 Å². The van der Waals surface area contributed by atoms with E-state index < -0.39 is 0 Å². The number of halogens is 1. The van der Waals surface area contributed by atoms with Gasteiger partial charge < -0.3 is 4.90 Å². The van der Waals surface area contributed by atoms with Crippen LogP contribution in [0, 0.1) is 11.8 Å². The zero-order valence-corrected chi connectivity index (χ0v) is 10.5. The summed E-state index contributed by atoms with van der Waals surface area (Å²) in [6.45, 7) is 8.61. The van der Waals surface area contributed by atoms with E-state index in [9.17, 15) is 0 Å². The van der Waals surface area contributed by atoms with Gasteiger partial charge in [-0.3, -0.25) is 0 Å². The third-order valence-corrected chi connectivity index (χ3v) is 3.91. The Hall–Kier alpha value is 0.440. The summed E-state index contributed by atoms with van der Waals surface area (Å²) in [5.41, 5.74) is 0. The molecule has 0 amide bonds. The molecule has 0 N–H and O–H groups in total. The van der Waals surface area contributed by atoms with E-state index >= 15 is 0 Å². The van der Waals surface area contributed by atoms with E-state index in [0.717, 1.165) is 17.2 Å². The summed E-state index contributed by atoms with van der Waals surface area (Å²) in [4.78, 5) is 2.63. The van der Waals surface area contributed by atoms with Crippen molar-refractivity contribution in [1.29, 1.82) is 0 Å². The molecule has 1 aliphatic rings. The maximum Gasteiger partial charge on any atom is 0.00743 e. The highest BCUT2D eigenvalue weighted by atomic mass is 79.9. The first-order valence-corrected chi connectivity index (χ1v) is 6.64. The van der Waals surface area contributed by atoms with E-state index in [2.05, 4.69) is 34.7 Å². The maximum atomic E-state index is 3.62. The van der Waals surface area contributed by atoms with Gasteiger partial charge in [0.2, 0.25) is 0 Å². The molecular formula is C11H22BrN. The van der Waals surface area contributed by atoms with Crippen LogP contribution in [0.5, 0.6) is 0 Å². The maximum absolute atomic E-state index is 3.62. The Balaban J connectivity index is 2.27. The minimum atomic E-state index is 0.807. The van der Waals surface area contributed by atoms with Crippen LogP contribution in [-0.2, 0) is 0 Å². The van der Waals surface area contributed by atoms with Crippen LogP contribution < -0.4 is 0 Å². The molecule has 1 nitrogen and oxygen atoms in total. The summed E-state index contributed by atoms with van der Waals surface area (Å²) in [5, 5.41) is 1.15. The predicted molar refractivity (Wildman–Crippen MR) is 62.4 cm³/mol. The largest absolute Gasteiger partial charge is 0.303 e. The van der Waals surface area contributed by atoms with Crippen molar-refractivity contribution in [3.8, 4) is 0 Å². The van der Waals surface area contributed by atoms with Crippen LogP contribution in [0.4, 0.5) is 0 Å². The van der Waals surface area contributed by atoms with Crippen LogP contribution in [-0.4, -0.2) is 29.9 Å². The lowest BCUT2D eigenvalue weighted by Gasteiger charge is -2.31. The van der Waals surface area contributed by atoms with E-state index in [1.165, 1.54) is 38.9 Å². The van der Waals surface area contributed by atoms with Crippen LogP contribution in [0.3, 0.4) is 0 Å². The molecule has 1 rings (SSSR count). The fraction of sp³-hybridized carbons (Fsp3) is 1.00. The SMILES string of the molecule is CC(C)C(CBr)CN1CCCCC1. The molecule has 2 heteroatoms. The molecule has 13 heavy (non-hydrogen) atoms. The Labute approximate surface area is 91.0 Å². The van der Waals surface area contributed by atoms with Crippen LogP contribution in [0.25, 0.3) is 0 Å². The molecule has 0 saturated carbocycles. The van der Waals surface area contributed by atoms with E-state index in [-0.39, 0.29) is 0 Å². The van der Waals surface area contributed by atoms with Gasteiger partial charge in [0.05, 0.1) is 0 Å². The second kappa shape index (κ2) is 6.02. The van der Waals surface area contributed by atoms with Crippen LogP contribution in [0.1, 0.15) is 33.1 Å². The molecule has 1 heterocycles. The lowest BCUT2D eigenvalue weighted by Crippen LogP contribution is -2.36. The first-order chi connectivity index (χ1) is 6.24. The van der Waals surface area contributed by atoms with Crippen molar-refractivity contribution in [2.45, 2.75) is 33.1 Å². The highest BCUT2D eigenvalue weighted by molar-refractivity contribution is 9.09. The summed E-state index contributed by atoms with van der Waals surface area (Å²) in [6, 6.07) is 0. The van der Waals surface area contributed by atoms with Gasteiger partial charge in [-0.2, -0.15) is 0 Å². The standard InChI is InChI=1S/C11H22BrN/c1-10(2)11(8-12)9-13-6-4-3-5-7-13/h10-11H,3-9H2,1-2H3. The van der Waals surface area contributed by atoms with Crippen molar-refractivity contribution in [3.05, 3.63) is 0 Å². The second-order valence-corrected chi connectivity index (χ2v) is 5.17. The van der Waals surface area contributed by atoms with E-state index in [4.69, 9.17) is 0 Å². The lowest BCUT2D eigenvalue weighted by molar-refractivity contribution is 0.184. The second-order valence-electron chi connectivity index (χ2n) is 4.52. The minimum Gasteiger partial charge on any atom is -0.303 e. The summed E-state index contributed by atoms with van der Waals surface area (Å²) in [6.07, 6.45) is 4.26. The smallest absolute Gasteiger partial charge is 0.00743 e. The average Bonchev–Trinajstić information content (AvgIpc) is 2.15. The summed E-state index contributed by atoms with van der Waals surface area (Å²) >= 11 is 3.62. The molecule has 0 aliphatic carbocycles. The third-order valence-electron chi connectivity index (χ3n) is 3.08. The first kappa shape index (κ1) is 11.5. The molecule has 78 valence electrons.